The number of alkyl halides is 1. The molecule has 3 heteroatoms. The van der Waals surface area contributed by atoms with Crippen LogP contribution in [-0.4, -0.2) is 19.8 Å². The number of aryl methyl sites for hydroxylation is 1. The van der Waals surface area contributed by atoms with E-state index in [2.05, 4.69) is 35.0 Å². The number of para-hydroxylation sites is 1. The molecule has 0 spiro atoms. The molecule has 2 nitrogen and oxygen atoms in total. The average Bonchev–Trinajstić information content (AvgIpc) is 2.26. The van der Waals surface area contributed by atoms with Crippen LogP contribution in [0.4, 0.5) is 0 Å². The standard InChI is InChI=1S/C12H17BrO2/c1-3-14-7-8-15-12-10(2)5-4-6-11(12)9-13/h4-6H,3,7-9H2,1-2H3. The van der Waals surface area contributed by atoms with Gasteiger partial charge >= 0.3 is 0 Å². The topological polar surface area (TPSA) is 18.5 Å². The monoisotopic (exact) mass is 272 g/mol. The Kier molecular flexibility index (Phi) is 5.73. The van der Waals surface area contributed by atoms with Crippen LogP contribution in [0.15, 0.2) is 18.2 Å². The third-order valence-corrected chi connectivity index (χ3v) is 2.72. The molecule has 0 saturated heterocycles. The highest BCUT2D eigenvalue weighted by molar-refractivity contribution is 9.08. The maximum atomic E-state index is 5.71. The van der Waals surface area contributed by atoms with Crippen LogP contribution in [0.2, 0.25) is 0 Å². The van der Waals surface area contributed by atoms with Crippen molar-refractivity contribution in [2.75, 3.05) is 19.8 Å². The van der Waals surface area contributed by atoms with Gasteiger partial charge in [-0.2, -0.15) is 0 Å². The molecule has 0 atom stereocenters. The Bertz CT molecular complexity index is 300. The molecule has 0 unspecified atom stereocenters. The Hall–Kier alpha value is -0.540. The van der Waals surface area contributed by atoms with Crippen molar-refractivity contribution in [1.82, 2.24) is 0 Å². The van der Waals surface area contributed by atoms with Crippen molar-refractivity contribution < 1.29 is 9.47 Å². The molecule has 0 saturated carbocycles. The zero-order valence-corrected chi connectivity index (χ0v) is 10.8. The highest BCUT2D eigenvalue weighted by Crippen LogP contribution is 2.25. The van der Waals surface area contributed by atoms with Crippen LogP contribution in [0.5, 0.6) is 5.75 Å². The second-order valence-electron chi connectivity index (χ2n) is 3.24. The molecule has 1 aromatic carbocycles. The Morgan fingerprint density at radius 2 is 2.07 bits per heavy atom. The lowest BCUT2D eigenvalue weighted by Gasteiger charge is -2.12. The fraction of sp³-hybridized carbons (Fsp3) is 0.500. The molecule has 0 fully saturated rings. The van der Waals surface area contributed by atoms with E-state index in [1.54, 1.807) is 0 Å². The molecule has 0 aliphatic rings. The van der Waals surface area contributed by atoms with Gasteiger partial charge in [0.15, 0.2) is 0 Å². The fourth-order valence-corrected chi connectivity index (χ4v) is 1.81. The average molecular weight is 273 g/mol. The normalized spacial score (nSPS) is 10.3. The maximum Gasteiger partial charge on any atom is 0.126 e. The van der Waals surface area contributed by atoms with Gasteiger partial charge in [-0.25, -0.2) is 0 Å². The summed E-state index contributed by atoms with van der Waals surface area (Å²) in [5.41, 5.74) is 2.36. The van der Waals surface area contributed by atoms with E-state index in [1.165, 1.54) is 11.1 Å². The van der Waals surface area contributed by atoms with Crippen molar-refractivity contribution >= 4 is 15.9 Å². The zero-order chi connectivity index (χ0) is 11.1. The van der Waals surface area contributed by atoms with Gasteiger partial charge in [0.05, 0.1) is 6.61 Å². The molecule has 1 rings (SSSR count). The van der Waals surface area contributed by atoms with Crippen molar-refractivity contribution in [3.05, 3.63) is 29.3 Å². The highest BCUT2D eigenvalue weighted by Gasteiger charge is 2.05. The molecule has 0 radical (unpaired) electrons. The van der Waals surface area contributed by atoms with E-state index in [1.807, 2.05) is 13.0 Å². The first-order valence-corrected chi connectivity index (χ1v) is 6.26. The summed E-state index contributed by atoms with van der Waals surface area (Å²) in [6.07, 6.45) is 0. The van der Waals surface area contributed by atoms with Crippen molar-refractivity contribution in [3.8, 4) is 5.75 Å². The maximum absolute atomic E-state index is 5.71. The van der Waals surface area contributed by atoms with Gasteiger partial charge in [-0.1, -0.05) is 34.1 Å². The van der Waals surface area contributed by atoms with Crippen LogP contribution >= 0.6 is 15.9 Å². The highest BCUT2D eigenvalue weighted by atomic mass is 79.9. The third kappa shape index (κ3) is 3.84. The minimum absolute atomic E-state index is 0.610. The SMILES string of the molecule is CCOCCOc1c(C)cccc1CBr. The molecule has 0 heterocycles. The van der Waals surface area contributed by atoms with Crippen LogP contribution in [0.25, 0.3) is 0 Å². The summed E-state index contributed by atoms with van der Waals surface area (Å²) in [7, 11) is 0. The summed E-state index contributed by atoms with van der Waals surface area (Å²) in [5.74, 6) is 0.981. The second-order valence-corrected chi connectivity index (χ2v) is 3.80. The van der Waals surface area contributed by atoms with Crippen molar-refractivity contribution in [2.45, 2.75) is 19.2 Å². The van der Waals surface area contributed by atoms with E-state index in [4.69, 9.17) is 9.47 Å². The van der Waals surface area contributed by atoms with E-state index in [0.29, 0.717) is 13.2 Å². The summed E-state index contributed by atoms with van der Waals surface area (Å²) < 4.78 is 10.9. The summed E-state index contributed by atoms with van der Waals surface area (Å²) in [6.45, 7) is 6.04. The molecule has 15 heavy (non-hydrogen) atoms. The van der Waals surface area contributed by atoms with E-state index in [-0.39, 0.29) is 0 Å². The minimum Gasteiger partial charge on any atom is -0.491 e. The molecule has 0 aliphatic carbocycles. The van der Waals surface area contributed by atoms with Crippen LogP contribution in [0, 0.1) is 6.92 Å². The first-order chi connectivity index (χ1) is 7.29. The third-order valence-electron chi connectivity index (χ3n) is 2.12. The van der Waals surface area contributed by atoms with Gasteiger partial charge in [0.2, 0.25) is 0 Å². The predicted molar refractivity (Wildman–Crippen MR) is 65.8 cm³/mol. The molecule has 84 valence electrons. The van der Waals surface area contributed by atoms with Crippen LogP contribution in [-0.2, 0) is 10.1 Å². The predicted octanol–water partition coefficient (Wildman–Crippen LogP) is 3.31. The molecular weight excluding hydrogens is 256 g/mol. The molecule has 1 aromatic rings. The van der Waals surface area contributed by atoms with Gasteiger partial charge < -0.3 is 9.47 Å². The van der Waals surface area contributed by atoms with Gasteiger partial charge in [-0.3, -0.25) is 0 Å². The number of ether oxygens (including phenoxy) is 2. The van der Waals surface area contributed by atoms with Crippen LogP contribution in [0.3, 0.4) is 0 Å². The lowest BCUT2D eigenvalue weighted by atomic mass is 10.1. The Labute approximate surface area is 99.7 Å². The molecule has 0 aromatic heterocycles. The van der Waals surface area contributed by atoms with Gasteiger partial charge in [0, 0.05) is 17.5 Å². The van der Waals surface area contributed by atoms with Gasteiger partial charge in [-0.05, 0) is 19.4 Å². The lowest BCUT2D eigenvalue weighted by Crippen LogP contribution is -2.08. The molecule has 0 N–H and O–H groups in total. The van der Waals surface area contributed by atoms with Gasteiger partial charge in [0.1, 0.15) is 12.4 Å². The number of hydrogen-bond acceptors (Lipinski definition) is 2. The summed E-state index contributed by atoms with van der Waals surface area (Å²) in [6, 6.07) is 6.17. The van der Waals surface area contributed by atoms with Crippen LogP contribution in [0.1, 0.15) is 18.1 Å². The Balaban J connectivity index is 2.58. The van der Waals surface area contributed by atoms with E-state index < -0.39 is 0 Å². The first kappa shape index (κ1) is 12.5. The number of hydrogen-bond donors (Lipinski definition) is 0. The van der Waals surface area contributed by atoms with Gasteiger partial charge in [0.25, 0.3) is 0 Å². The molecular formula is C12H17BrO2. The summed E-state index contributed by atoms with van der Waals surface area (Å²) >= 11 is 3.45. The van der Waals surface area contributed by atoms with Crippen molar-refractivity contribution in [3.63, 3.8) is 0 Å². The minimum atomic E-state index is 0.610. The number of benzene rings is 1. The molecule has 0 aliphatic heterocycles. The van der Waals surface area contributed by atoms with Crippen molar-refractivity contribution in [1.29, 1.82) is 0 Å². The van der Waals surface area contributed by atoms with E-state index >= 15 is 0 Å². The molecule has 0 amide bonds. The Morgan fingerprint density at radius 3 is 2.73 bits per heavy atom. The number of halogens is 1. The van der Waals surface area contributed by atoms with E-state index in [0.717, 1.165) is 17.7 Å². The lowest BCUT2D eigenvalue weighted by molar-refractivity contribution is 0.109. The largest absolute Gasteiger partial charge is 0.491 e. The molecule has 0 bridgehead atoms. The van der Waals surface area contributed by atoms with Crippen LogP contribution < -0.4 is 4.74 Å². The smallest absolute Gasteiger partial charge is 0.126 e. The summed E-state index contributed by atoms with van der Waals surface area (Å²) in [5, 5.41) is 0.818. The quantitative estimate of drug-likeness (QED) is 0.585. The Morgan fingerprint density at radius 1 is 1.27 bits per heavy atom. The van der Waals surface area contributed by atoms with Crippen molar-refractivity contribution in [2.24, 2.45) is 0 Å². The number of rotatable bonds is 6. The summed E-state index contributed by atoms with van der Waals surface area (Å²) in [4.78, 5) is 0. The van der Waals surface area contributed by atoms with E-state index in [9.17, 15) is 0 Å². The first-order valence-electron chi connectivity index (χ1n) is 5.14. The fourth-order valence-electron chi connectivity index (χ4n) is 1.37. The second kappa shape index (κ2) is 6.85. The zero-order valence-electron chi connectivity index (χ0n) is 9.25. The van der Waals surface area contributed by atoms with Gasteiger partial charge in [-0.15, -0.1) is 0 Å².